The quantitative estimate of drug-likeness (QED) is 0.688. The maximum atomic E-state index is 12.9. The molecule has 0 atom stereocenters. The number of halogens is 1. The van der Waals surface area contributed by atoms with Gasteiger partial charge in [-0.3, -0.25) is 0 Å². The molecular formula is C16H11FN2. The van der Waals surface area contributed by atoms with Crippen LogP contribution >= 0.6 is 0 Å². The Morgan fingerprint density at radius 2 is 1.26 bits per heavy atom. The molecule has 0 spiro atoms. The molecule has 3 aromatic rings. The first kappa shape index (κ1) is 11.5. The van der Waals surface area contributed by atoms with Crippen molar-refractivity contribution in [2.45, 2.75) is 0 Å². The van der Waals surface area contributed by atoms with Crippen molar-refractivity contribution in [3.8, 4) is 22.5 Å². The molecule has 3 heteroatoms. The summed E-state index contributed by atoms with van der Waals surface area (Å²) in [7, 11) is 0. The van der Waals surface area contributed by atoms with E-state index in [9.17, 15) is 4.39 Å². The van der Waals surface area contributed by atoms with Crippen molar-refractivity contribution in [1.29, 1.82) is 0 Å². The van der Waals surface area contributed by atoms with E-state index in [1.807, 2.05) is 36.4 Å². The maximum absolute atomic E-state index is 12.9. The summed E-state index contributed by atoms with van der Waals surface area (Å²) in [4.78, 5) is 8.50. The third-order valence-electron chi connectivity index (χ3n) is 2.88. The molecule has 2 nitrogen and oxygen atoms in total. The number of benzene rings is 2. The van der Waals surface area contributed by atoms with Crippen LogP contribution in [0.5, 0.6) is 0 Å². The van der Waals surface area contributed by atoms with Crippen LogP contribution in [0.15, 0.2) is 67.0 Å². The molecule has 19 heavy (non-hydrogen) atoms. The second-order valence-electron chi connectivity index (χ2n) is 4.16. The van der Waals surface area contributed by atoms with E-state index >= 15 is 0 Å². The first-order valence-corrected chi connectivity index (χ1v) is 5.96. The molecule has 0 aliphatic rings. The molecule has 1 aromatic heterocycles. The SMILES string of the molecule is Fc1ccc(-c2cc(-c3ccccc3)ncn2)cc1. The van der Waals surface area contributed by atoms with Crippen LogP contribution in [0, 0.1) is 5.82 Å². The van der Waals surface area contributed by atoms with Gasteiger partial charge in [-0.05, 0) is 30.3 Å². The Labute approximate surface area is 110 Å². The Bertz CT molecular complexity index is 679. The second-order valence-corrected chi connectivity index (χ2v) is 4.16. The van der Waals surface area contributed by atoms with Crippen LogP contribution in [0.2, 0.25) is 0 Å². The minimum Gasteiger partial charge on any atom is -0.236 e. The number of hydrogen-bond acceptors (Lipinski definition) is 2. The molecule has 2 aromatic carbocycles. The molecule has 0 aliphatic heterocycles. The van der Waals surface area contributed by atoms with Crippen LogP contribution < -0.4 is 0 Å². The highest BCUT2D eigenvalue weighted by molar-refractivity contribution is 5.67. The minimum absolute atomic E-state index is 0.249. The van der Waals surface area contributed by atoms with Gasteiger partial charge in [-0.25, -0.2) is 14.4 Å². The fraction of sp³-hybridized carbons (Fsp3) is 0. The van der Waals surface area contributed by atoms with E-state index in [-0.39, 0.29) is 5.82 Å². The molecule has 0 N–H and O–H groups in total. The van der Waals surface area contributed by atoms with Crippen molar-refractivity contribution in [1.82, 2.24) is 9.97 Å². The Kier molecular flexibility index (Phi) is 3.02. The average Bonchev–Trinajstić information content (AvgIpc) is 2.49. The van der Waals surface area contributed by atoms with Gasteiger partial charge in [-0.2, -0.15) is 0 Å². The van der Waals surface area contributed by atoms with Gasteiger partial charge in [0.1, 0.15) is 12.1 Å². The minimum atomic E-state index is -0.249. The van der Waals surface area contributed by atoms with Crippen molar-refractivity contribution >= 4 is 0 Å². The Morgan fingerprint density at radius 1 is 0.684 bits per heavy atom. The maximum Gasteiger partial charge on any atom is 0.123 e. The number of hydrogen-bond donors (Lipinski definition) is 0. The fourth-order valence-electron chi connectivity index (χ4n) is 1.90. The largest absolute Gasteiger partial charge is 0.236 e. The molecule has 0 unspecified atom stereocenters. The van der Waals surface area contributed by atoms with E-state index in [1.165, 1.54) is 18.5 Å². The Morgan fingerprint density at radius 3 is 1.89 bits per heavy atom. The lowest BCUT2D eigenvalue weighted by Gasteiger charge is -2.04. The van der Waals surface area contributed by atoms with Gasteiger partial charge >= 0.3 is 0 Å². The zero-order valence-corrected chi connectivity index (χ0v) is 10.1. The number of aromatic nitrogens is 2. The van der Waals surface area contributed by atoms with Crippen molar-refractivity contribution in [2.75, 3.05) is 0 Å². The summed E-state index contributed by atoms with van der Waals surface area (Å²) >= 11 is 0. The van der Waals surface area contributed by atoms with Gasteiger partial charge < -0.3 is 0 Å². The Hall–Kier alpha value is -2.55. The van der Waals surface area contributed by atoms with Crippen LogP contribution in [0.3, 0.4) is 0 Å². The third-order valence-corrected chi connectivity index (χ3v) is 2.88. The highest BCUT2D eigenvalue weighted by Gasteiger charge is 2.03. The van der Waals surface area contributed by atoms with Crippen LogP contribution in [0.25, 0.3) is 22.5 Å². The lowest BCUT2D eigenvalue weighted by Crippen LogP contribution is -1.89. The van der Waals surface area contributed by atoms with Gasteiger partial charge in [0.15, 0.2) is 0 Å². The summed E-state index contributed by atoms with van der Waals surface area (Å²) in [6.45, 7) is 0. The second kappa shape index (κ2) is 4.98. The van der Waals surface area contributed by atoms with Crippen LogP contribution in [-0.4, -0.2) is 9.97 Å². The van der Waals surface area contributed by atoms with Gasteiger partial charge in [-0.1, -0.05) is 30.3 Å². The monoisotopic (exact) mass is 250 g/mol. The van der Waals surface area contributed by atoms with Crippen LogP contribution in [-0.2, 0) is 0 Å². The lowest BCUT2D eigenvalue weighted by atomic mass is 10.1. The van der Waals surface area contributed by atoms with Gasteiger partial charge in [0.25, 0.3) is 0 Å². The standard InChI is InChI=1S/C16H11FN2/c17-14-8-6-13(7-9-14)16-10-15(18-11-19-16)12-4-2-1-3-5-12/h1-11H. The van der Waals surface area contributed by atoms with Crippen LogP contribution in [0.4, 0.5) is 4.39 Å². The van der Waals surface area contributed by atoms with E-state index in [1.54, 1.807) is 12.1 Å². The van der Waals surface area contributed by atoms with Crippen molar-refractivity contribution in [2.24, 2.45) is 0 Å². The predicted octanol–water partition coefficient (Wildman–Crippen LogP) is 3.95. The first-order valence-electron chi connectivity index (χ1n) is 5.96. The van der Waals surface area contributed by atoms with Gasteiger partial charge in [0.2, 0.25) is 0 Å². The highest BCUT2D eigenvalue weighted by Crippen LogP contribution is 2.22. The molecule has 0 amide bonds. The fourth-order valence-corrected chi connectivity index (χ4v) is 1.90. The third kappa shape index (κ3) is 2.50. The summed E-state index contributed by atoms with van der Waals surface area (Å²) < 4.78 is 12.9. The molecule has 0 fully saturated rings. The topological polar surface area (TPSA) is 25.8 Å². The van der Waals surface area contributed by atoms with Crippen molar-refractivity contribution in [3.05, 3.63) is 72.8 Å². The van der Waals surface area contributed by atoms with E-state index in [0.717, 1.165) is 22.5 Å². The molecule has 92 valence electrons. The predicted molar refractivity (Wildman–Crippen MR) is 72.9 cm³/mol. The molecule has 0 bridgehead atoms. The van der Waals surface area contributed by atoms with Gasteiger partial charge in [0, 0.05) is 11.1 Å². The normalized spacial score (nSPS) is 10.4. The van der Waals surface area contributed by atoms with Crippen molar-refractivity contribution < 1.29 is 4.39 Å². The Balaban J connectivity index is 2.03. The smallest absolute Gasteiger partial charge is 0.123 e. The van der Waals surface area contributed by atoms with Gasteiger partial charge in [-0.15, -0.1) is 0 Å². The zero-order valence-electron chi connectivity index (χ0n) is 10.1. The van der Waals surface area contributed by atoms with E-state index in [0.29, 0.717) is 0 Å². The molecule has 0 radical (unpaired) electrons. The average molecular weight is 250 g/mol. The van der Waals surface area contributed by atoms with E-state index in [4.69, 9.17) is 0 Å². The molecule has 3 rings (SSSR count). The van der Waals surface area contributed by atoms with Crippen LogP contribution in [0.1, 0.15) is 0 Å². The highest BCUT2D eigenvalue weighted by atomic mass is 19.1. The summed E-state index contributed by atoms with van der Waals surface area (Å²) in [6.07, 6.45) is 1.53. The van der Waals surface area contributed by atoms with Crippen molar-refractivity contribution in [3.63, 3.8) is 0 Å². The summed E-state index contributed by atoms with van der Waals surface area (Å²) in [5.41, 5.74) is 3.55. The number of nitrogens with zero attached hydrogens (tertiary/aromatic N) is 2. The summed E-state index contributed by atoms with van der Waals surface area (Å²) in [5.74, 6) is -0.249. The number of rotatable bonds is 2. The molecule has 0 saturated carbocycles. The zero-order chi connectivity index (χ0) is 13.1. The van der Waals surface area contributed by atoms with E-state index < -0.39 is 0 Å². The molecule has 0 saturated heterocycles. The summed E-state index contributed by atoms with van der Waals surface area (Å²) in [5, 5.41) is 0. The lowest BCUT2D eigenvalue weighted by molar-refractivity contribution is 0.628. The van der Waals surface area contributed by atoms with E-state index in [2.05, 4.69) is 9.97 Å². The summed E-state index contributed by atoms with van der Waals surface area (Å²) in [6, 6.07) is 18.1. The molecular weight excluding hydrogens is 239 g/mol. The molecule has 1 heterocycles. The van der Waals surface area contributed by atoms with Gasteiger partial charge in [0.05, 0.1) is 11.4 Å². The first-order chi connectivity index (χ1) is 9.33. The molecule has 0 aliphatic carbocycles.